The minimum atomic E-state index is -4.58. The molecule has 0 atom stereocenters. The Morgan fingerprint density at radius 3 is 2.31 bits per heavy atom. The van der Waals surface area contributed by atoms with E-state index in [1.54, 1.807) is 12.1 Å². The van der Waals surface area contributed by atoms with Gasteiger partial charge < -0.3 is 10.8 Å². The molecule has 0 saturated heterocycles. The first-order valence-corrected chi connectivity index (χ1v) is 9.53. The number of carbonyl (C=O) groups is 2. The van der Waals surface area contributed by atoms with Crippen LogP contribution in [-0.4, -0.2) is 27.2 Å². The fourth-order valence-electron chi connectivity index (χ4n) is 3.55. The lowest BCUT2D eigenvalue weighted by Crippen LogP contribution is -2.25. The van der Waals surface area contributed by atoms with Crippen molar-refractivity contribution in [1.29, 1.82) is 0 Å². The number of rotatable bonds is 5. The number of hydrazone groups is 1. The minimum absolute atomic E-state index is 0.121. The summed E-state index contributed by atoms with van der Waals surface area (Å²) in [7, 11) is 0. The predicted octanol–water partition coefficient (Wildman–Crippen LogP) is 3.69. The maximum atomic E-state index is 13.4. The third-order valence-corrected chi connectivity index (χ3v) is 4.78. The number of halogens is 3. The lowest BCUT2D eigenvalue weighted by atomic mass is 10.1. The van der Waals surface area contributed by atoms with Crippen molar-refractivity contribution in [1.82, 2.24) is 9.99 Å². The van der Waals surface area contributed by atoms with Crippen LogP contribution in [-0.2, 0) is 15.8 Å². The topological polar surface area (TPSA) is 110 Å². The van der Waals surface area contributed by atoms with Crippen LogP contribution in [0.3, 0.4) is 0 Å². The van der Waals surface area contributed by atoms with E-state index in [0.717, 1.165) is 23.3 Å². The number of aryl methyl sites for hydroxylation is 2. The first-order valence-electron chi connectivity index (χ1n) is 9.53. The Morgan fingerprint density at radius 2 is 1.75 bits per heavy atom. The maximum Gasteiger partial charge on any atom is 0.416 e. The van der Waals surface area contributed by atoms with E-state index in [2.05, 4.69) is 10.5 Å². The van der Waals surface area contributed by atoms with Crippen molar-refractivity contribution in [3.05, 3.63) is 58.7 Å². The van der Waals surface area contributed by atoms with Gasteiger partial charge in [0.25, 0.3) is 0 Å². The number of hydrogen-bond donors (Lipinski definition) is 3. The normalized spacial score (nSPS) is 12.2. The Morgan fingerprint density at radius 1 is 1.12 bits per heavy atom. The second-order valence-electron chi connectivity index (χ2n) is 7.48. The van der Waals surface area contributed by atoms with Crippen molar-refractivity contribution in [2.75, 3.05) is 0 Å². The van der Waals surface area contributed by atoms with Crippen LogP contribution in [0.4, 0.5) is 13.2 Å². The van der Waals surface area contributed by atoms with Crippen LogP contribution in [0.5, 0.6) is 5.88 Å². The van der Waals surface area contributed by atoms with Crippen molar-refractivity contribution in [2.45, 2.75) is 33.4 Å². The molecule has 32 heavy (non-hydrogen) atoms. The average Bonchev–Trinajstić information content (AvgIpc) is 2.95. The molecule has 1 aromatic heterocycles. The van der Waals surface area contributed by atoms with Gasteiger partial charge in [0.15, 0.2) is 0 Å². The standard InChI is InChI=1S/C22H21F3N4O3/c1-11-6-12(2)8-15(7-11)29-17-9-14(22(23,24)25)4-5-16(17)20(21(29)32)13(3)27-28-19(31)10-18(26)30/h4-9,32H,10H2,1-3H3,(H2,26,30)(H,28,31)/b27-13+. The highest BCUT2D eigenvalue weighted by Gasteiger charge is 2.32. The highest BCUT2D eigenvalue weighted by molar-refractivity contribution is 6.13. The maximum absolute atomic E-state index is 13.4. The molecule has 0 unspecified atom stereocenters. The fraction of sp³-hybridized carbons (Fsp3) is 0.227. The summed E-state index contributed by atoms with van der Waals surface area (Å²) in [6.45, 7) is 5.15. The zero-order valence-corrected chi connectivity index (χ0v) is 17.5. The Labute approximate surface area is 181 Å². The summed E-state index contributed by atoms with van der Waals surface area (Å²) < 4.78 is 41.4. The van der Waals surface area contributed by atoms with Gasteiger partial charge in [0.2, 0.25) is 17.7 Å². The number of aromatic nitrogens is 1. The van der Waals surface area contributed by atoms with Gasteiger partial charge in [0.05, 0.1) is 22.4 Å². The SMILES string of the molecule is C/C(=N\NC(=O)CC(N)=O)c1c(O)n(-c2cc(C)cc(C)c2)c2cc(C(F)(F)F)ccc12. The van der Waals surface area contributed by atoms with E-state index < -0.39 is 30.0 Å². The van der Waals surface area contributed by atoms with Crippen LogP contribution in [0, 0.1) is 13.8 Å². The molecule has 7 nitrogen and oxygen atoms in total. The molecule has 0 bridgehead atoms. The van der Waals surface area contributed by atoms with Crippen LogP contribution in [0.25, 0.3) is 16.6 Å². The number of fused-ring (bicyclic) bond motifs is 1. The van der Waals surface area contributed by atoms with Crippen molar-refractivity contribution in [2.24, 2.45) is 10.8 Å². The highest BCUT2D eigenvalue weighted by Crippen LogP contribution is 2.39. The molecule has 0 aliphatic carbocycles. The summed E-state index contributed by atoms with van der Waals surface area (Å²) in [6, 6.07) is 8.48. The quantitative estimate of drug-likeness (QED) is 0.316. The molecular formula is C22H21F3N4O3. The molecule has 0 fully saturated rings. The molecule has 2 amide bonds. The molecular weight excluding hydrogens is 425 g/mol. The number of aromatic hydroxyl groups is 1. The third-order valence-electron chi connectivity index (χ3n) is 4.78. The number of alkyl halides is 3. The Hall–Kier alpha value is -3.82. The van der Waals surface area contributed by atoms with Gasteiger partial charge in [-0.05, 0) is 56.2 Å². The summed E-state index contributed by atoms with van der Waals surface area (Å²) in [5.41, 5.74) is 8.84. The van der Waals surface area contributed by atoms with E-state index in [9.17, 15) is 27.9 Å². The number of nitrogens with zero attached hydrogens (tertiary/aromatic N) is 2. The molecule has 2 aromatic carbocycles. The summed E-state index contributed by atoms with van der Waals surface area (Å²) in [5.74, 6) is -1.94. The Bertz CT molecular complexity index is 1240. The van der Waals surface area contributed by atoms with E-state index in [0.29, 0.717) is 11.1 Å². The second kappa shape index (κ2) is 8.37. The van der Waals surface area contributed by atoms with Crippen molar-refractivity contribution < 1.29 is 27.9 Å². The molecule has 168 valence electrons. The van der Waals surface area contributed by atoms with E-state index in [1.165, 1.54) is 17.6 Å². The van der Waals surface area contributed by atoms with Crippen LogP contribution in [0.15, 0.2) is 41.5 Å². The van der Waals surface area contributed by atoms with Gasteiger partial charge >= 0.3 is 6.18 Å². The summed E-state index contributed by atoms with van der Waals surface area (Å²) in [5, 5.41) is 15.2. The highest BCUT2D eigenvalue weighted by atomic mass is 19.4. The van der Waals surface area contributed by atoms with E-state index in [1.807, 2.05) is 19.9 Å². The number of hydrogen-bond acceptors (Lipinski definition) is 4. The fourth-order valence-corrected chi connectivity index (χ4v) is 3.55. The van der Waals surface area contributed by atoms with E-state index in [-0.39, 0.29) is 22.7 Å². The van der Waals surface area contributed by atoms with Gasteiger partial charge in [-0.1, -0.05) is 12.1 Å². The van der Waals surface area contributed by atoms with Crippen molar-refractivity contribution in [3.8, 4) is 11.6 Å². The average molecular weight is 446 g/mol. The van der Waals surface area contributed by atoms with Gasteiger partial charge in [-0.25, -0.2) is 5.43 Å². The lowest BCUT2D eigenvalue weighted by Gasteiger charge is -2.11. The van der Waals surface area contributed by atoms with Gasteiger partial charge in [0.1, 0.15) is 6.42 Å². The number of primary amides is 1. The minimum Gasteiger partial charge on any atom is -0.494 e. The van der Waals surface area contributed by atoms with Crippen LogP contribution in [0.1, 0.15) is 35.6 Å². The van der Waals surface area contributed by atoms with Crippen LogP contribution < -0.4 is 11.2 Å². The van der Waals surface area contributed by atoms with Crippen molar-refractivity contribution in [3.63, 3.8) is 0 Å². The molecule has 0 spiro atoms. The number of nitrogens with two attached hydrogens (primary N) is 1. The Kier molecular flexibility index (Phi) is 5.98. The van der Waals surface area contributed by atoms with E-state index in [4.69, 9.17) is 5.73 Å². The van der Waals surface area contributed by atoms with Gasteiger partial charge in [-0.2, -0.15) is 18.3 Å². The summed E-state index contributed by atoms with van der Waals surface area (Å²) in [4.78, 5) is 22.5. The van der Waals surface area contributed by atoms with Crippen molar-refractivity contribution >= 4 is 28.4 Å². The molecule has 4 N–H and O–H groups in total. The largest absolute Gasteiger partial charge is 0.494 e. The monoisotopic (exact) mass is 446 g/mol. The molecule has 0 radical (unpaired) electrons. The zero-order valence-electron chi connectivity index (χ0n) is 17.5. The molecule has 3 rings (SSSR count). The first kappa shape index (κ1) is 22.9. The molecule has 0 aliphatic heterocycles. The number of nitrogens with one attached hydrogen (secondary N) is 1. The molecule has 10 heteroatoms. The molecule has 0 saturated carbocycles. The summed E-state index contributed by atoms with van der Waals surface area (Å²) >= 11 is 0. The summed E-state index contributed by atoms with van der Waals surface area (Å²) in [6.07, 6.45) is -5.16. The van der Waals surface area contributed by atoms with E-state index >= 15 is 0 Å². The zero-order chi connectivity index (χ0) is 23.8. The molecule has 3 aromatic rings. The smallest absolute Gasteiger partial charge is 0.416 e. The second-order valence-corrected chi connectivity index (χ2v) is 7.48. The number of amides is 2. The number of carbonyl (C=O) groups excluding carboxylic acids is 2. The Balaban J connectivity index is 2.25. The predicted molar refractivity (Wildman–Crippen MR) is 114 cm³/mol. The van der Waals surface area contributed by atoms with Crippen LogP contribution in [0.2, 0.25) is 0 Å². The van der Waals surface area contributed by atoms with Crippen LogP contribution >= 0.6 is 0 Å². The number of benzene rings is 2. The first-order chi connectivity index (χ1) is 14.9. The lowest BCUT2D eigenvalue weighted by molar-refractivity contribution is -0.137. The molecule has 1 heterocycles. The van der Waals surface area contributed by atoms with Gasteiger partial charge in [0, 0.05) is 11.1 Å². The van der Waals surface area contributed by atoms with Gasteiger partial charge in [-0.15, -0.1) is 0 Å². The third kappa shape index (κ3) is 4.58. The van der Waals surface area contributed by atoms with Gasteiger partial charge in [-0.3, -0.25) is 14.2 Å². The molecule has 0 aliphatic rings.